The summed E-state index contributed by atoms with van der Waals surface area (Å²) in [6.07, 6.45) is 27.0. The van der Waals surface area contributed by atoms with E-state index in [1.807, 2.05) is 5.92 Å². The molecular weight excluding hydrogens is 240 g/mol. The fourth-order valence-corrected chi connectivity index (χ4v) is 4.34. The maximum absolute atomic E-state index is 1.99. The summed E-state index contributed by atoms with van der Waals surface area (Å²) in [7, 11) is 0. The molecule has 0 nitrogen and oxygen atoms in total. The van der Waals surface area contributed by atoms with Crippen LogP contribution in [0, 0.1) is 11.8 Å². The second-order valence-electron chi connectivity index (χ2n) is 7.38. The van der Waals surface area contributed by atoms with Crippen LogP contribution < -0.4 is 0 Å². The molecule has 0 saturated heterocycles. The first-order chi connectivity index (χ1) is 9.97. The van der Waals surface area contributed by atoms with Crippen molar-refractivity contribution in [3.8, 4) is 0 Å². The minimum absolute atomic E-state index is 1.01. The third kappa shape index (κ3) is 6.64. The van der Waals surface area contributed by atoms with Gasteiger partial charge in [0.05, 0.1) is 0 Å². The Bertz CT molecular complexity index is 200. The highest BCUT2D eigenvalue weighted by Gasteiger charge is 2.22. The molecule has 0 unspecified atom stereocenters. The van der Waals surface area contributed by atoms with Crippen LogP contribution in [-0.4, -0.2) is 0 Å². The van der Waals surface area contributed by atoms with Crippen LogP contribution >= 0.6 is 0 Å². The van der Waals surface area contributed by atoms with Gasteiger partial charge < -0.3 is 0 Å². The van der Waals surface area contributed by atoms with E-state index in [9.17, 15) is 0 Å². The minimum Gasteiger partial charge on any atom is -0.0533 e. The van der Waals surface area contributed by atoms with Crippen molar-refractivity contribution in [1.82, 2.24) is 0 Å². The van der Waals surface area contributed by atoms with Gasteiger partial charge in [-0.15, -0.1) is 0 Å². The minimum atomic E-state index is 1.01. The zero-order valence-corrected chi connectivity index (χ0v) is 13.8. The van der Waals surface area contributed by atoms with E-state index >= 15 is 0 Å². The molecule has 0 aromatic carbocycles. The highest BCUT2D eigenvalue weighted by molar-refractivity contribution is 4.97. The van der Waals surface area contributed by atoms with Gasteiger partial charge in [0, 0.05) is 0 Å². The van der Waals surface area contributed by atoms with E-state index < -0.39 is 0 Å². The Balaban J connectivity index is 1.80. The van der Waals surface area contributed by atoms with Crippen LogP contribution in [0.3, 0.4) is 0 Å². The van der Waals surface area contributed by atoms with Crippen LogP contribution in [0.15, 0.2) is 0 Å². The van der Waals surface area contributed by atoms with Crippen LogP contribution in [-0.2, 0) is 0 Å². The highest BCUT2D eigenvalue weighted by atomic mass is 14.3. The summed E-state index contributed by atoms with van der Waals surface area (Å²) in [5, 5.41) is 0. The number of hydrogen-bond acceptors (Lipinski definition) is 0. The van der Waals surface area contributed by atoms with Crippen molar-refractivity contribution in [3.05, 3.63) is 5.92 Å². The van der Waals surface area contributed by atoms with Gasteiger partial charge in [-0.25, -0.2) is 0 Å². The lowest BCUT2D eigenvalue weighted by Gasteiger charge is -2.29. The van der Waals surface area contributed by atoms with Gasteiger partial charge in [-0.3, -0.25) is 0 Å². The largest absolute Gasteiger partial charge is 0.0533 e. The molecule has 0 atom stereocenters. The van der Waals surface area contributed by atoms with Crippen molar-refractivity contribution in [2.24, 2.45) is 5.92 Å². The molecule has 1 radical (unpaired) electrons. The molecule has 0 heteroatoms. The van der Waals surface area contributed by atoms with Crippen LogP contribution in [0.1, 0.15) is 116 Å². The average Bonchev–Trinajstić information content (AvgIpc) is 2.40. The summed E-state index contributed by atoms with van der Waals surface area (Å²) in [5.41, 5.74) is 0. The predicted molar refractivity (Wildman–Crippen MR) is 89.8 cm³/mol. The van der Waals surface area contributed by atoms with Crippen molar-refractivity contribution >= 4 is 0 Å². The molecule has 20 heavy (non-hydrogen) atoms. The van der Waals surface area contributed by atoms with Gasteiger partial charge in [0.2, 0.25) is 0 Å². The zero-order chi connectivity index (χ0) is 13.9. The summed E-state index contributed by atoms with van der Waals surface area (Å²) < 4.78 is 0. The number of rotatable bonds is 1. The van der Waals surface area contributed by atoms with Gasteiger partial charge in [-0.05, 0) is 37.5 Å². The molecule has 2 rings (SSSR count). The molecule has 0 bridgehead atoms. The third-order valence-corrected chi connectivity index (χ3v) is 5.68. The summed E-state index contributed by atoms with van der Waals surface area (Å²) in [6, 6.07) is 0. The van der Waals surface area contributed by atoms with E-state index in [4.69, 9.17) is 0 Å². The van der Waals surface area contributed by atoms with Gasteiger partial charge in [0.15, 0.2) is 0 Å². The smallest absolute Gasteiger partial charge is 0.0210 e. The molecular formula is C20H37. The Morgan fingerprint density at radius 3 is 1.20 bits per heavy atom. The van der Waals surface area contributed by atoms with E-state index in [0.29, 0.717) is 0 Å². The van der Waals surface area contributed by atoms with E-state index in [0.717, 1.165) is 5.92 Å². The summed E-state index contributed by atoms with van der Waals surface area (Å²) >= 11 is 0. The topological polar surface area (TPSA) is 0 Å². The van der Waals surface area contributed by atoms with Crippen molar-refractivity contribution in [2.45, 2.75) is 116 Å². The maximum atomic E-state index is 1.99. The first-order valence-corrected chi connectivity index (χ1v) is 9.81. The van der Waals surface area contributed by atoms with E-state index in [-0.39, 0.29) is 0 Å². The van der Waals surface area contributed by atoms with Crippen molar-refractivity contribution in [2.75, 3.05) is 0 Å². The maximum Gasteiger partial charge on any atom is -0.0210 e. The summed E-state index contributed by atoms with van der Waals surface area (Å²) in [4.78, 5) is 0. The lowest BCUT2D eigenvalue weighted by atomic mass is 9.77. The molecule has 0 aliphatic heterocycles. The molecule has 0 aromatic heterocycles. The summed E-state index contributed by atoms with van der Waals surface area (Å²) in [5.74, 6) is 2.99. The quantitative estimate of drug-likeness (QED) is 0.474. The van der Waals surface area contributed by atoms with Gasteiger partial charge in [0.1, 0.15) is 0 Å². The normalized spacial score (nSPS) is 27.0. The molecule has 0 heterocycles. The molecule has 2 fully saturated rings. The molecule has 2 saturated carbocycles. The second-order valence-corrected chi connectivity index (χ2v) is 7.38. The first kappa shape index (κ1) is 16.4. The molecule has 0 aromatic rings. The lowest BCUT2D eigenvalue weighted by molar-refractivity contribution is 0.358. The molecule has 2 aliphatic rings. The molecule has 0 amide bonds. The van der Waals surface area contributed by atoms with Gasteiger partial charge in [0.25, 0.3) is 0 Å². The van der Waals surface area contributed by atoms with Gasteiger partial charge in [-0.2, -0.15) is 0 Å². The van der Waals surface area contributed by atoms with E-state index in [2.05, 4.69) is 0 Å². The Hall–Kier alpha value is 0. The van der Waals surface area contributed by atoms with Crippen molar-refractivity contribution in [3.63, 3.8) is 0 Å². The monoisotopic (exact) mass is 277 g/mol. The fraction of sp³-hybridized carbons (Fsp3) is 0.950. The van der Waals surface area contributed by atoms with Crippen LogP contribution in [0.25, 0.3) is 0 Å². The van der Waals surface area contributed by atoms with Gasteiger partial charge >= 0.3 is 0 Å². The Kier molecular flexibility index (Phi) is 8.75. The van der Waals surface area contributed by atoms with Gasteiger partial charge in [-0.1, -0.05) is 89.9 Å². The van der Waals surface area contributed by atoms with Crippen LogP contribution in [0.4, 0.5) is 0 Å². The Morgan fingerprint density at radius 1 is 0.400 bits per heavy atom. The lowest BCUT2D eigenvalue weighted by Crippen LogP contribution is -2.15. The zero-order valence-electron chi connectivity index (χ0n) is 13.8. The predicted octanol–water partition coefficient (Wildman–Crippen LogP) is 7.23. The first-order valence-electron chi connectivity index (χ1n) is 9.81. The average molecular weight is 278 g/mol. The highest BCUT2D eigenvalue weighted by Crippen LogP contribution is 2.36. The third-order valence-electron chi connectivity index (χ3n) is 5.68. The van der Waals surface area contributed by atoms with Crippen molar-refractivity contribution < 1.29 is 0 Å². The second kappa shape index (κ2) is 10.7. The fourth-order valence-electron chi connectivity index (χ4n) is 4.34. The molecule has 0 N–H and O–H groups in total. The standard InChI is InChI=1S/C20H37/c1-2-4-7-11-15-19(16-12-8-5-3-1)20-17-13-9-6-10-14-18-20/h19H,1-18H2. The molecule has 117 valence electrons. The van der Waals surface area contributed by atoms with Crippen LogP contribution in [0.5, 0.6) is 0 Å². The SMILES string of the molecule is C1CCCCCC([C]2CCCCCCC2)CCCCC1. The summed E-state index contributed by atoms with van der Waals surface area (Å²) in [6.45, 7) is 0. The Labute approximate surface area is 128 Å². The number of hydrogen-bond donors (Lipinski definition) is 0. The van der Waals surface area contributed by atoms with E-state index in [1.54, 1.807) is 0 Å². The molecule has 0 spiro atoms. The molecule has 2 aliphatic carbocycles. The Morgan fingerprint density at radius 2 is 0.750 bits per heavy atom. The van der Waals surface area contributed by atoms with Crippen LogP contribution in [0.2, 0.25) is 0 Å². The van der Waals surface area contributed by atoms with Crippen molar-refractivity contribution in [1.29, 1.82) is 0 Å². The van der Waals surface area contributed by atoms with E-state index in [1.165, 1.54) is 116 Å².